The van der Waals surface area contributed by atoms with Gasteiger partial charge in [0.2, 0.25) is 0 Å². The molecule has 0 saturated heterocycles. The highest BCUT2D eigenvalue weighted by atomic mass is 16.6. The first-order valence-corrected chi connectivity index (χ1v) is 8.49. The van der Waals surface area contributed by atoms with Gasteiger partial charge in [-0.1, -0.05) is 17.3 Å². The number of ether oxygens (including phenoxy) is 2. The molecule has 1 N–H and O–H groups in total. The monoisotopic (exact) mass is 356 g/mol. The van der Waals surface area contributed by atoms with Crippen molar-refractivity contribution in [1.82, 2.24) is 5.32 Å². The average molecular weight is 356 g/mol. The molecule has 6 heteroatoms. The standard InChI is InChI=1S/C20H24N2O4/c1-3-25-19-10-6-17(7-11-19)14-22-26-15-20(23)21-13-12-16-4-8-18(24-2)9-5-16/h4-11,14H,3,12-13,15H2,1-2H3,(H,21,23). The number of carbonyl (C=O) groups excluding carboxylic acids is 1. The van der Waals surface area contributed by atoms with E-state index in [1.165, 1.54) is 0 Å². The zero-order valence-electron chi connectivity index (χ0n) is 15.1. The molecule has 0 spiro atoms. The molecular formula is C20H24N2O4. The average Bonchev–Trinajstić information content (AvgIpc) is 2.67. The van der Waals surface area contributed by atoms with Gasteiger partial charge in [-0.25, -0.2) is 0 Å². The normalized spacial score (nSPS) is 10.5. The van der Waals surface area contributed by atoms with Crippen molar-refractivity contribution in [2.75, 3.05) is 26.9 Å². The van der Waals surface area contributed by atoms with E-state index in [2.05, 4.69) is 10.5 Å². The number of nitrogens with one attached hydrogen (secondary N) is 1. The summed E-state index contributed by atoms with van der Waals surface area (Å²) < 4.78 is 10.5. The molecule has 26 heavy (non-hydrogen) atoms. The molecule has 0 saturated carbocycles. The fourth-order valence-electron chi connectivity index (χ4n) is 2.20. The van der Waals surface area contributed by atoms with Gasteiger partial charge in [-0.05, 0) is 60.9 Å². The number of hydrogen-bond donors (Lipinski definition) is 1. The topological polar surface area (TPSA) is 69.2 Å². The first kappa shape index (κ1) is 19.3. The second-order valence-corrected chi connectivity index (χ2v) is 5.46. The summed E-state index contributed by atoms with van der Waals surface area (Å²) in [6.07, 6.45) is 2.30. The van der Waals surface area contributed by atoms with Crippen LogP contribution >= 0.6 is 0 Å². The van der Waals surface area contributed by atoms with Gasteiger partial charge in [0.15, 0.2) is 6.61 Å². The SMILES string of the molecule is CCOc1ccc(C=NOCC(=O)NCCc2ccc(OC)cc2)cc1. The zero-order valence-corrected chi connectivity index (χ0v) is 15.1. The van der Waals surface area contributed by atoms with Gasteiger partial charge in [0.25, 0.3) is 5.91 Å². The molecule has 0 unspecified atom stereocenters. The molecule has 6 nitrogen and oxygen atoms in total. The minimum Gasteiger partial charge on any atom is -0.497 e. The maximum Gasteiger partial charge on any atom is 0.260 e. The van der Waals surface area contributed by atoms with Crippen LogP contribution in [0.4, 0.5) is 0 Å². The summed E-state index contributed by atoms with van der Waals surface area (Å²) in [6.45, 7) is 2.99. The Balaban J connectivity index is 1.63. The maximum atomic E-state index is 11.7. The van der Waals surface area contributed by atoms with Crippen LogP contribution in [0.3, 0.4) is 0 Å². The summed E-state index contributed by atoms with van der Waals surface area (Å²) in [4.78, 5) is 16.7. The van der Waals surface area contributed by atoms with Gasteiger partial charge in [-0.2, -0.15) is 0 Å². The third-order valence-corrected chi connectivity index (χ3v) is 3.56. The van der Waals surface area contributed by atoms with Crippen molar-refractivity contribution < 1.29 is 19.1 Å². The highest BCUT2D eigenvalue weighted by Crippen LogP contribution is 2.11. The first-order chi connectivity index (χ1) is 12.7. The lowest BCUT2D eigenvalue weighted by molar-refractivity contribution is -0.125. The summed E-state index contributed by atoms with van der Waals surface area (Å²) in [5.74, 6) is 1.42. The molecule has 0 radical (unpaired) electrons. The van der Waals surface area contributed by atoms with Gasteiger partial charge in [-0.3, -0.25) is 4.79 Å². The minimum absolute atomic E-state index is 0.115. The number of hydrogen-bond acceptors (Lipinski definition) is 5. The molecule has 1 amide bonds. The summed E-state index contributed by atoms with van der Waals surface area (Å²) in [6, 6.07) is 15.2. The maximum absolute atomic E-state index is 11.7. The summed E-state index contributed by atoms with van der Waals surface area (Å²) in [5, 5.41) is 6.60. The Hall–Kier alpha value is -3.02. The number of rotatable bonds is 10. The van der Waals surface area contributed by atoms with Crippen LogP contribution < -0.4 is 14.8 Å². The van der Waals surface area contributed by atoms with Gasteiger partial charge in [0.05, 0.1) is 19.9 Å². The van der Waals surface area contributed by atoms with E-state index in [4.69, 9.17) is 14.3 Å². The minimum atomic E-state index is -0.206. The third kappa shape index (κ3) is 6.84. The Morgan fingerprint density at radius 1 is 1.08 bits per heavy atom. The molecule has 0 fully saturated rings. The number of nitrogens with zero attached hydrogens (tertiary/aromatic N) is 1. The lowest BCUT2D eigenvalue weighted by Gasteiger charge is -2.05. The van der Waals surface area contributed by atoms with Gasteiger partial charge in [0, 0.05) is 6.54 Å². The Labute approximate surface area is 153 Å². The van der Waals surface area contributed by atoms with Gasteiger partial charge < -0.3 is 19.6 Å². The molecule has 2 aromatic carbocycles. The molecule has 0 aliphatic rings. The fraction of sp³-hybridized carbons (Fsp3) is 0.300. The molecule has 138 valence electrons. The lowest BCUT2D eigenvalue weighted by atomic mass is 10.1. The van der Waals surface area contributed by atoms with E-state index >= 15 is 0 Å². The predicted molar refractivity (Wildman–Crippen MR) is 101 cm³/mol. The number of oxime groups is 1. The quantitative estimate of drug-likeness (QED) is 0.525. The van der Waals surface area contributed by atoms with Crippen molar-refractivity contribution in [3.63, 3.8) is 0 Å². The van der Waals surface area contributed by atoms with Crippen LogP contribution in [0.5, 0.6) is 11.5 Å². The Morgan fingerprint density at radius 3 is 2.42 bits per heavy atom. The van der Waals surface area contributed by atoms with Gasteiger partial charge in [-0.15, -0.1) is 0 Å². The van der Waals surface area contributed by atoms with E-state index in [0.717, 1.165) is 29.0 Å². The van der Waals surface area contributed by atoms with Gasteiger partial charge in [0.1, 0.15) is 11.5 Å². The van der Waals surface area contributed by atoms with Crippen LogP contribution in [0.2, 0.25) is 0 Å². The highest BCUT2D eigenvalue weighted by Gasteiger charge is 2.01. The molecule has 2 aromatic rings. The molecular weight excluding hydrogens is 332 g/mol. The molecule has 2 rings (SSSR count). The Bertz CT molecular complexity index is 697. The molecule has 0 aliphatic carbocycles. The van der Waals surface area contributed by atoms with E-state index < -0.39 is 0 Å². The van der Waals surface area contributed by atoms with E-state index in [9.17, 15) is 4.79 Å². The van der Waals surface area contributed by atoms with Crippen LogP contribution in [-0.4, -0.2) is 39.0 Å². The largest absolute Gasteiger partial charge is 0.497 e. The Morgan fingerprint density at radius 2 is 1.77 bits per heavy atom. The molecule has 0 bridgehead atoms. The van der Waals surface area contributed by atoms with Crippen molar-refractivity contribution in [1.29, 1.82) is 0 Å². The second kappa shape index (κ2) is 10.8. The van der Waals surface area contributed by atoms with Crippen LogP contribution in [0.15, 0.2) is 53.7 Å². The van der Waals surface area contributed by atoms with Crippen LogP contribution in [0, 0.1) is 0 Å². The smallest absolute Gasteiger partial charge is 0.260 e. The van der Waals surface area contributed by atoms with E-state index in [1.54, 1.807) is 13.3 Å². The highest BCUT2D eigenvalue weighted by molar-refractivity contribution is 5.80. The molecule has 0 atom stereocenters. The third-order valence-electron chi connectivity index (χ3n) is 3.56. The van der Waals surface area contributed by atoms with E-state index in [1.807, 2.05) is 55.5 Å². The lowest BCUT2D eigenvalue weighted by Crippen LogP contribution is -2.28. The number of benzene rings is 2. The number of amides is 1. The molecule has 0 aromatic heterocycles. The van der Waals surface area contributed by atoms with E-state index in [-0.39, 0.29) is 12.5 Å². The van der Waals surface area contributed by atoms with Crippen molar-refractivity contribution in [2.24, 2.45) is 5.16 Å². The van der Waals surface area contributed by atoms with Crippen molar-refractivity contribution in [3.8, 4) is 11.5 Å². The van der Waals surface area contributed by atoms with Crippen molar-refractivity contribution in [3.05, 3.63) is 59.7 Å². The Kier molecular flexibility index (Phi) is 7.99. The number of carbonyl (C=O) groups is 1. The predicted octanol–water partition coefficient (Wildman–Crippen LogP) is 2.80. The van der Waals surface area contributed by atoms with Crippen LogP contribution in [-0.2, 0) is 16.1 Å². The number of methoxy groups -OCH3 is 1. The van der Waals surface area contributed by atoms with E-state index in [0.29, 0.717) is 13.2 Å². The summed E-state index contributed by atoms with van der Waals surface area (Å²) in [7, 11) is 1.63. The summed E-state index contributed by atoms with van der Waals surface area (Å²) in [5.41, 5.74) is 1.99. The van der Waals surface area contributed by atoms with Crippen LogP contribution in [0.25, 0.3) is 0 Å². The van der Waals surface area contributed by atoms with Crippen LogP contribution in [0.1, 0.15) is 18.1 Å². The fourth-order valence-corrected chi connectivity index (χ4v) is 2.20. The molecule has 0 aliphatic heterocycles. The first-order valence-electron chi connectivity index (χ1n) is 8.49. The van der Waals surface area contributed by atoms with Crippen molar-refractivity contribution in [2.45, 2.75) is 13.3 Å². The van der Waals surface area contributed by atoms with Gasteiger partial charge >= 0.3 is 0 Å². The van der Waals surface area contributed by atoms with Crippen molar-refractivity contribution >= 4 is 12.1 Å². The molecule has 0 heterocycles. The zero-order chi connectivity index (χ0) is 18.6. The second-order valence-electron chi connectivity index (χ2n) is 5.46. The summed E-state index contributed by atoms with van der Waals surface area (Å²) >= 11 is 0.